The first-order chi connectivity index (χ1) is 23.0. The van der Waals surface area contributed by atoms with Crippen molar-refractivity contribution < 1.29 is 0 Å². The number of benzene rings is 5. The van der Waals surface area contributed by atoms with Gasteiger partial charge in [0.2, 0.25) is 0 Å². The van der Waals surface area contributed by atoms with Gasteiger partial charge in [0, 0.05) is 46.7 Å². The topological polar surface area (TPSA) is 140 Å². The molecule has 0 unspecified atom stereocenters. The SMILES string of the molecule is CI.CN(C)c1ccc(-n2nc3ccc(I)cc3n2)cc1.CN(C)c1ccc(N=Nc2ccccc2N)cc1.Nc1ccc(I)cc1N. The molecule has 0 aliphatic rings. The molecule has 0 aliphatic carbocycles. The van der Waals surface area contributed by atoms with Crippen molar-refractivity contribution in [2.75, 3.05) is 60.1 Å². The Hall–Kier alpha value is -3.71. The van der Waals surface area contributed by atoms with Gasteiger partial charge in [0.25, 0.3) is 0 Å². The summed E-state index contributed by atoms with van der Waals surface area (Å²) < 4.78 is 2.28. The molecule has 10 nitrogen and oxygen atoms in total. The highest BCUT2D eigenvalue weighted by Crippen LogP contribution is 2.25. The molecule has 250 valence electrons. The number of halogens is 3. The van der Waals surface area contributed by atoms with Gasteiger partial charge in [0.15, 0.2) is 0 Å². The lowest BCUT2D eigenvalue weighted by Crippen LogP contribution is -2.08. The fourth-order valence-electron chi connectivity index (χ4n) is 3.94. The molecule has 0 atom stereocenters. The zero-order valence-electron chi connectivity index (χ0n) is 27.4. The van der Waals surface area contributed by atoms with Gasteiger partial charge < -0.3 is 27.0 Å². The maximum absolute atomic E-state index is 5.79. The molecule has 0 spiro atoms. The summed E-state index contributed by atoms with van der Waals surface area (Å²) in [4.78, 5) is 7.76. The second-order valence-corrected chi connectivity index (χ2v) is 13.0. The Morgan fingerprint density at radius 2 is 1.10 bits per heavy atom. The average Bonchev–Trinajstić information content (AvgIpc) is 3.51. The van der Waals surface area contributed by atoms with Crippen LogP contribution in [0.15, 0.2) is 119 Å². The Balaban J connectivity index is 0.000000201. The number of rotatable bonds is 5. The predicted molar refractivity (Wildman–Crippen MR) is 230 cm³/mol. The smallest absolute Gasteiger partial charge is 0.114 e. The number of para-hydroxylation sites is 1. The minimum absolute atomic E-state index is 0.631. The van der Waals surface area contributed by atoms with Crippen molar-refractivity contribution >= 4 is 119 Å². The molecule has 6 N–H and O–H groups in total. The van der Waals surface area contributed by atoms with Crippen LogP contribution in [0.25, 0.3) is 16.7 Å². The van der Waals surface area contributed by atoms with Gasteiger partial charge in [0.1, 0.15) is 16.7 Å². The van der Waals surface area contributed by atoms with Gasteiger partial charge in [-0.2, -0.15) is 9.91 Å². The van der Waals surface area contributed by atoms with E-state index in [0.717, 1.165) is 37.4 Å². The lowest BCUT2D eigenvalue weighted by atomic mass is 10.3. The Morgan fingerprint density at radius 3 is 1.67 bits per heavy atom. The highest BCUT2D eigenvalue weighted by molar-refractivity contribution is 14.1. The van der Waals surface area contributed by atoms with Crippen molar-refractivity contribution in [1.29, 1.82) is 0 Å². The van der Waals surface area contributed by atoms with Crippen molar-refractivity contribution in [2.45, 2.75) is 0 Å². The molecule has 6 rings (SSSR count). The molecule has 13 heteroatoms. The van der Waals surface area contributed by atoms with E-state index in [1.54, 1.807) is 10.9 Å². The summed E-state index contributed by atoms with van der Waals surface area (Å²) in [6.07, 6.45) is 0. The third-order valence-corrected chi connectivity index (χ3v) is 7.91. The third-order valence-electron chi connectivity index (χ3n) is 6.56. The molecule has 5 aromatic carbocycles. The molecular weight excluding hydrogens is 941 g/mol. The molecule has 6 aromatic rings. The maximum atomic E-state index is 5.79. The molecule has 1 heterocycles. The van der Waals surface area contributed by atoms with Crippen LogP contribution in [-0.2, 0) is 0 Å². The lowest BCUT2D eigenvalue weighted by molar-refractivity contribution is 0.765. The van der Waals surface area contributed by atoms with E-state index in [1.807, 2.05) is 129 Å². The maximum Gasteiger partial charge on any atom is 0.114 e. The van der Waals surface area contributed by atoms with Crippen LogP contribution in [0.2, 0.25) is 0 Å². The number of aromatic nitrogens is 3. The van der Waals surface area contributed by atoms with Crippen LogP contribution in [0.1, 0.15) is 0 Å². The number of azo groups is 1. The van der Waals surface area contributed by atoms with E-state index in [9.17, 15) is 0 Å². The molecule has 1 aromatic heterocycles. The number of fused-ring (bicyclic) bond motifs is 1. The van der Waals surface area contributed by atoms with E-state index in [-0.39, 0.29) is 0 Å². The van der Waals surface area contributed by atoms with E-state index in [2.05, 4.69) is 105 Å². The first-order valence-corrected chi connectivity index (χ1v) is 18.8. The fourth-order valence-corrected chi connectivity index (χ4v) is 4.93. The molecule has 0 saturated heterocycles. The van der Waals surface area contributed by atoms with Gasteiger partial charge in [-0.15, -0.1) is 15.3 Å². The Bertz CT molecular complexity index is 1910. The molecule has 0 fully saturated rings. The number of anilines is 5. The van der Waals surface area contributed by atoms with Gasteiger partial charge in [-0.25, -0.2) is 0 Å². The summed E-state index contributed by atoms with van der Waals surface area (Å²) >= 11 is 6.62. The van der Waals surface area contributed by atoms with E-state index in [1.165, 1.54) is 3.57 Å². The van der Waals surface area contributed by atoms with Crippen molar-refractivity contribution in [1.82, 2.24) is 15.0 Å². The Kier molecular flexibility index (Phi) is 15.6. The number of hydrogen-bond donors (Lipinski definition) is 3. The predicted octanol–water partition coefficient (Wildman–Crippen LogP) is 9.35. The quantitative estimate of drug-likeness (QED) is 0.0678. The second-order valence-electron chi connectivity index (χ2n) is 10.5. The molecule has 0 aliphatic heterocycles. The van der Waals surface area contributed by atoms with Gasteiger partial charge in [0.05, 0.1) is 28.4 Å². The molecule has 48 heavy (non-hydrogen) atoms. The molecule has 0 bridgehead atoms. The number of nitrogens with two attached hydrogens (primary N) is 3. The first kappa shape index (κ1) is 38.7. The summed E-state index contributed by atoms with van der Waals surface area (Å²) in [5.41, 5.74) is 25.3. The molecular formula is C35H39I3N10. The number of nitrogens with zero attached hydrogens (tertiary/aromatic N) is 7. The van der Waals surface area contributed by atoms with Crippen molar-refractivity contribution in [3.8, 4) is 5.69 Å². The third kappa shape index (κ3) is 11.8. The van der Waals surface area contributed by atoms with Crippen molar-refractivity contribution in [2.24, 2.45) is 10.2 Å². The van der Waals surface area contributed by atoms with Crippen LogP contribution in [0.5, 0.6) is 0 Å². The molecule has 0 amide bonds. The first-order valence-electron chi connectivity index (χ1n) is 14.5. The summed E-state index contributed by atoms with van der Waals surface area (Å²) in [5, 5.41) is 17.3. The van der Waals surface area contributed by atoms with E-state index in [0.29, 0.717) is 22.7 Å². The Morgan fingerprint density at radius 1 is 0.562 bits per heavy atom. The second kappa shape index (κ2) is 19.3. The van der Waals surface area contributed by atoms with Crippen LogP contribution in [0.3, 0.4) is 0 Å². The van der Waals surface area contributed by atoms with Crippen LogP contribution in [0, 0.1) is 7.14 Å². The summed E-state index contributed by atoms with van der Waals surface area (Å²) in [6, 6.07) is 35.1. The van der Waals surface area contributed by atoms with Crippen LogP contribution >= 0.6 is 67.8 Å². The van der Waals surface area contributed by atoms with E-state index in [4.69, 9.17) is 17.2 Å². The van der Waals surface area contributed by atoms with Gasteiger partial charge in [-0.3, -0.25) is 0 Å². The molecule has 0 radical (unpaired) electrons. The fraction of sp³-hybridized carbons (Fsp3) is 0.143. The van der Waals surface area contributed by atoms with E-state index >= 15 is 0 Å². The highest BCUT2D eigenvalue weighted by Gasteiger charge is 2.05. The minimum atomic E-state index is 0.631. The van der Waals surface area contributed by atoms with Gasteiger partial charge >= 0.3 is 0 Å². The van der Waals surface area contributed by atoms with E-state index < -0.39 is 0 Å². The summed E-state index contributed by atoms with van der Waals surface area (Å²) in [5.74, 6) is 0. The van der Waals surface area contributed by atoms with Crippen molar-refractivity contribution in [3.05, 3.63) is 116 Å². The average molecular weight is 980 g/mol. The van der Waals surface area contributed by atoms with Gasteiger partial charge in [-0.1, -0.05) is 34.7 Å². The largest absolute Gasteiger partial charge is 0.397 e. The monoisotopic (exact) mass is 980 g/mol. The molecule has 0 saturated carbocycles. The number of nitrogen functional groups attached to an aromatic ring is 3. The normalized spacial score (nSPS) is 10.2. The summed E-state index contributed by atoms with van der Waals surface area (Å²) in [7, 11) is 8.05. The van der Waals surface area contributed by atoms with Crippen LogP contribution in [0.4, 0.5) is 39.8 Å². The minimum Gasteiger partial charge on any atom is -0.397 e. The lowest BCUT2D eigenvalue weighted by Gasteiger charge is -2.12. The number of alkyl halides is 1. The van der Waals surface area contributed by atoms with Crippen LogP contribution < -0.4 is 27.0 Å². The van der Waals surface area contributed by atoms with Gasteiger partial charge in [-0.05, 0) is 147 Å². The zero-order chi connectivity index (χ0) is 35.2. The standard InChI is InChI=1S/C14H13IN4.C14H16N4.C6H7IN2.CH3I/c1-18(2)11-4-6-12(7-5-11)19-16-13-8-3-10(15)9-14(13)17-19;1-18(2)12-9-7-11(8-10-12)16-17-14-6-4-3-5-13(14)15;7-4-1-2-5(8)6(9)3-4;1-2/h3-9H,1-2H3;3-10H,15H2,1-2H3;1-3H,8-9H2;1H3. The zero-order valence-corrected chi connectivity index (χ0v) is 33.9. The summed E-state index contributed by atoms with van der Waals surface area (Å²) in [6.45, 7) is 0. The van der Waals surface area contributed by atoms with Crippen LogP contribution in [-0.4, -0.2) is 48.1 Å². The Labute approximate surface area is 323 Å². The van der Waals surface area contributed by atoms with Crippen molar-refractivity contribution in [3.63, 3.8) is 0 Å². The highest BCUT2D eigenvalue weighted by atomic mass is 127. The number of hydrogen-bond acceptors (Lipinski definition) is 9.